The molecule has 0 atom stereocenters. The quantitative estimate of drug-likeness (QED) is 0.906. The third-order valence-corrected chi connectivity index (χ3v) is 2.54. The van der Waals surface area contributed by atoms with Crippen molar-refractivity contribution in [3.05, 3.63) is 22.5 Å². The normalized spacial score (nSPS) is 11.5. The number of ether oxygens (including phenoxy) is 2. The lowest BCUT2D eigenvalue weighted by Crippen LogP contribution is -2.34. The molecule has 0 aliphatic carbocycles. The fourth-order valence-electron chi connectivity index (χ4n) is 1.66. The van der Waals surface area contributed by atoms with Crippen LogP contribution < -0.4 is 15.2 Å². The van der Waals surface area contributed by atoms with E-state index < -0.39 is 11.4 Å². The van der Waals surface area contributed by atoms with Gasteiger partial charge in [0, 0.05) is 11.1 Å². The van der Waals surface area contributed by atoms with Crippen molar-refractivity contribution in [1.82, 2.24) is 0 Å². The minimum absolute atomic E-state index is 0.00176. The van der Waals surface area contributed by atoms with Crippen molar-refractivity contribution in [1.29, 1.82) is 0 Å². The highest BCUT2D eigenvalue weighted by molar-refractivity contribution is 6.31. The van der Waals surface area contributed by atoms with Gasteiger partial charge in [-0.05, 0) is 26.3 Å². The molecule has 0 saturated carbocycles. The molecule has 0 aliphatic rings. The maximum Gasteiger partial charge on any atom is 0.198 e. The fraction of sp³-hybridized carbons (Fsp3) is 0.500. The Bertz CT molecular complexity index is 416. The van der Waals surface area contributed by atoms with Gasteiger partial charge in [-0.1, -0.05) is 11.6 Å². The van der Waals surface area contributed by atoms with E-state index in [0.29, 0.717) is 12.2 Å². The standard InChI is InChI=1S/C12H17ClFNO2/c1-12(2,15)6-7-5-8(13)9(14)11(17-4)10(7)16-3/h5H,6,15H2,1-4H3. The van der Waals surface area contributed by atoms with Crippen LogP contribution in [-0.2, 0) is 6.42 Å². The lowest BCUT2D eigenvalue weighted by atomic mass is 9.95. The Labute approximate surface area is 106 Å². The number of nitrogens with two attached hydrogens (primary N) is 1. The van der Waals surface area contributed by atoms with Crippen LogP contribution in [0.25, 0.3) is 0 Å². The molecule has 1 aromatic carbocycles. The Kier molecular flexibility index (Phi) is 4.22. The molecular weight excluding hydrogens is 245 g/mol. The minimum Gasteiger partial charge on any atom is -0.492 e. The molecule has 0 fully saturated rings. The predicted molar refractivity (Wildman–Crippen MR) is 66.5 cm³/mol. The molecule has 0 spiro atoms. The third kappa shape index (κ3) is 3.23. The van der Waals surface area contributed by atoms with Gasteiger partial charge in [-0.2, -0.15) is 0 Å². The van der Waals surface area contributed by atoms with Crippen LogP contribution in [0.1, 0.15) is 19.4 Å². The van der Waals surface area contributed by atoms with Gasteiger partial charge in [0.2, 0.25) is 0 Å². The molecule has 3 nitrogen and oxygen atoms in total. The Balaban J connectivity index is 3.34. The highest BCUT2D eigenvalue weighted by Crippen LogP contribution is 2.39. The molecule has 0 bridgehead atoms. The molecule has 2 N–H and O–H groups in total. The molecule has 0 unspecified atom stereocenters. The van der Waals surface area contributed by atoms with Crippen molar-refractivity contribution >= 4 is 11.6 Å². The summed E-state index contributed by atoms with van der Waals surface area (Å²) in [6, 6.07) is 1.52. The smallest absolute Gasteiger partial charge is 0.198 e. The zero-order valence-corrected chi connectivity index (χ0v) is 11.2. The second kappa shape index (κ2) is 5.10. The Hall–Kier alpha value is -1.00. The van der Waals surface area contributed by atoms with Gasteiger partial charge in [0.25, 0.3) is 0 Å². The molecule has 0 amide bonds. The fourth-order valence-corrected chi connectivity index (χ4v) is 1.88. The molecule has 0 radical (unpaired) electrons. The van der Waals surface area contributed by atoms with Crippen LogP contribution in [0.3, 0.4) is 0 Å². The van der Waals surface area contributed by atoms with E-state index in [1.807, 2.05) is 13.8 Å². The van der Waals surface area contributed by atoms with Crippen LogP contribution >= 0.6 is 11.6 Å². The van der Waals surface area contributed by atoms with Gasteiger partial charge in [0.1, 0.15) is 0 Å². The molecule has 0 aliphatic heterocycles. The van der Waals surface area contributed by atoms with Gasteiger partial charge in [0.05, 0.1) is 19.2 Å². The van der Waals surface area contributed by atoms with E-state index in [1.54, 1.807) is 0 Å². The summed E-state index contributed by atoms with van der Waals surface area (Å²) in [5.74, 6) is -0.267. The number of rotatable bonds is 4. The van der Waals surface area contributed by atoms with Gasteiger partial charge >= 0.3 is 0 Å². The maximum atomic E-state index is 13.7. The monoisotopic (exact) mass is 261 g/mol. The van der Waals surface area contributed by atoms with Crippen LogP contribution in [0.5, 0.6) is 11.5 Å². The average Bonchev–Trinajstić information content (AvgIpc) is 2.20. The van der Waals surface area contributed by atoms with Crippen molar-refractivity contribution in [3.63, 3.8) is 0 Å². The Morgan fingerprint density at radius 3 is 2.24 bits per heavy atom. The van der Waals surface area contributed by atoms with Crippen molar-refractivity contribution in [2.24, 2.45) is 5.73 Å². The van der Waals surface area contributed by atoms with Crippen LogP contribution in [0, 0.1) is 5.82 Å². The molecule has 1 rings (SSSR count). The molecule has 96 valence electrons. The predicted octanol–water partition coefficient (Wildman–Crippen LogP) is 2.78. The Morgan fingerprint density at radius 1 is 1.29 bits per heavy atom. The van der Waals surface area contributed by atoms with E-state index in [-0.39, 0.29) is 10.8 Å². The van der Waals surface area contributed by atoms with Crippen LogP contribution in [0.2, 0.25) is 5.02 Å². The highest BCUT2D eigenvalue weighted by Gasteiger charge is 2.22. The lowest BCUT2D eigenvalue weighted by molar-refractivity contribution is 0.332. The molecule has 5 heteroatoms. The summed E-state index contributed by atoms with van der Waals surface area (Å²) in [4.78, 5) is 0. The van der Waals surface area contributed by atoms with Gasteiger partial charge in [0.15, 0.2) is 17.3 Å². The number of benzene rings is 1. The van der Waals surface area contributed by atoms with Crippen molar-refractivity contribution in [2.45, 2.75) is 25.8 Å². The summed E-state index contributed by atoms with van der Waals surface area (Å²) in [6.07, 6.45) is 0.506. The third-order valence-electron chi connectivity index (χ3n) is 2.26. The van der Waals surface area contributed by atoms with Crippen LogP contribution in [0.15, 0.2) is 6.07 Å². The van der Waals surface area contributed by atoms with E-state index >= 15 is 0 Å². The summed E-state index contributed by atoms with van der Waals surface area (Å²) in [6.45, 7) is 3.74. The van der Waals surface area contributed by atoms with Gasteiger partial charge < -0.3 is 15.2 Å². The number of hydrogen-bond donors (Lipinski definition) is 1. The molecule has 0 aromatic heterocycles. The zero-order valence-electron chi connectivity index (χ0n) is 10.4. The van der Waals surface area contributed by atoms with E-state index in [1.165, 1.54) is 20.3 Å². The second-order valence-electron chi connectivity index (χ2n) is 4.56. The molecular formula is C12H17ClFNO2. The van der Waals surface area contributed by atoms with E-state index in [4.69, 9.17) is 26.8 Å². The SMILES string of the molecule is COc1c(CC(C)(C)N)cc(Cl)c(F)c1OC. The minimum atomic E-state index is -0.621. The largest absolute Gasteiger partial charge is 0.492 e. The van der Waals surface area contributed by atoms with Crippen LogP contribution in [0.4, 0.5) is 4.39 Å². The second-order valence-corrected chi connectivity index (χ2v) is 4.97. The van der Waals surface area contributed by atoms with E-state index in [9.17, 15) is 4.39 Å². The molecule has 1 aromatic rings. The Morgan fingerprint density at radius 2 is 1.82 bits per heavy atom. The average molecular weight is 262 g/mol. The summed E-state index contributed by atoms with van der Waals surface area (Å²) in [7, 11) is 2.83. The van der Waals surface area contributed by atoms with Crippen LogP contribution in [-0.4, -0.2) is 19.8 Å². The highest BCUT2D eigenvalue weighted by atomic mass is 35.5. The maximum absolute atomic E-state index is 13.7. The summed E-state index contributed by atoms with van der Waals surface area (Å²) in [5, 5.41) is 0.00176. The first-order valence-corrected chi connectivity index (χ1v) is 5.55. The molecule has 0 heterocycles. The molecule has 17 heavy (non-hydrogen) atoms. The van der Waals surface area contributed by atoms with Gasteiger partial charge in [-0.3, -0.25) is 0 Å². The van der Waals surface area contributed by atoms with Gasteiger partial charge in [-0.15, -0.1) is 0 Å². The summed E-state index contributed by atoms with van der Waals surface area (Å²) in [5.41, 5.74) is 6.22. The molecule has 0 saturated heterocycles. The summed E-state index contributed by atoms with van der Waals surface area (Å²) < 4.78 is 23.8. The van der Waals surface area contributed by atoms with Crippen molar-refractivity contribution < 1.29 is 13.9 Å². The first-order valence-electron chi connectivity index (χ1n) is 5.18. The van der Waals surface area contributed by atoms with E-state index in [0.717, 1.165) is 5.56 Å². The topological polar surface area (TPSA) is 44.5 Å². The van der Waals surface area contributed by atoms with Crippen molar-refractivity contribution in [2.75, 3.05) is 14.2 Å². The van der Waals surface area contributed by atoms with Gasteiger partial charge in [-0.25, -0.2) is 4.39 Å². The number of methoxy groups -OCH3 is 2. The lowest BCUT2D eigenvalue weighted by Gasteiger charge is -2.21. The van der Waals surface area contributed by atoms with Crippen molar-refractivity contribution in [3.8, 4) is 11.5 Å². The first-order chi connectivity index (χ1) is 7.80. The zero-order chi connectivity index (χ0) is 13.2. The van der Waals surface area contributed by atoms with E-state index in [2.05, 4.69) is 0 Å². The summed E-state index contributed by atoms with van der Waals surface area (Å²) >= 11 is 5.80. The number of hydrogen-bond acceptors (Lipinski definition) is 3. The number of halogens is 2. The first kappa shape index (κ1) is 14.1.